The highest BCUT2D eigenvalue weighted by atomic mass is 79.9. The van der Waals surface area contributed by atoms with Crippen LogP contribution >= 0.6 is 15.9 Å². The maximum atomic E-state index is 6.28. The van der Waals surface area contributed by atoms with Gasteiger partial charge in [0.2, 0.25) is 0 Å². The molecule has 2 atom stereocenters. The molecule has 2 rings (SSSR count). The molecule has 2 N–H and O–H groups in total. The van der Waals surface area contributed by atoms with Gasteiger partial charge in [-0.3, -0.25) is 4.90 Å². The van der Waals surface area contributed by atoms with Gasteiger partial charge in [-0.15, -0.1) is 0 Å². The molecule has 3 heteroatoms. The smallest absolute Gasteiger partial charge is 0.0504 e. The number of nitrogens with zero attached hydrogens (tertiary/aromatic N) is 1. The first-order valence-electron chi connectivity index (χ1n) is 7.80. The fourth-order valence-corrected chi connectivity index (χ4v) is 4.05. The van der Waals surface area contributed by atoms with Gasteiger partial charge in [0.1, 0.15) is 0 Å². The molecular weight excluding hydrogens is 312 g/mol. The summed E-state index contributed by atoms with van der Waals surface area (Å²) in [5.41, 5.74) is 7.59. The van der Waals surface area contributed by atoms with E-state index in [0.29, 0.717) is 0 Å². The van der Waals surface area contributed by atoms with Crippen molar-refractivity contribution in [1.29, 1.82) is 0 Å². The summed E-state index contributed by atoms with van der Waals surface area (Å²) in [7, 11) is 2.22. The first-order chi connectivity index (χ1) is 9.59. The van der Waals surface area contributed by atoms with Crippen LogP contribution in [0.15, 0.2) is 28.7 Å². The zero-order chi connectivity index (χ0) is 14.5. The lowest BCUT2D eigenvalue weighted by atomic mass is 9.88. The lowest BCUT2D eigenvalue weighted by Crippen LogP contribution is -2.40. The second-order valence-corrected chi connectivity index (χ2v) is 7.12. The van der Waals surface area contributed by atoms with Crippen LogP contribution in [0.4, 0.5) is 0 Å². The lowest BCUT2D eigenvalue weighted by Gasteiger charge is -2.35. The minimum Gasteiger partial charge on any atom is -0.326 e. The van der Waals surface area contributed by atoms with Crippen molar-refractivity contribution in [3.8, 4) is 0 Å². The topological polar surface area (TPSA) is 29.3 Å². The molecule has 112 valence electrons. The van der Waals surface area contributed by atoms with Gasteiger partial charge in [-0.2, -0.15) is 0 Å². The molecule has 1 aliphatic rings. The van der Waals surface area contributed by atoms with Gasteiger partial charge in [0.05, 0.1) is 6.04 Å². The van der Waals surface area contributed by atoms with Crippen molar-refractivity contribution < 1.29 is 0 Å². The van der Waals surface area contributed by atoms with Gasteiger partial charge in [-0.25, -0.2) is 0 Å². The van der Waals surface area contributed by atoms with Crippen molar-refractivity contribution in [3.05, 3.63) is 34.3 Å². The average Bonchev–Trinajstić information content (AvgIpc) is 2.42. The molecule has 0 aliphatic heterocycles. The predicted octanol–water partition coefficient (Wildman–Crippen LogP) is 4.35. The van der Waals surface area contributed by atoms with Crippen LogP contribution in [-0.4, -0.2) is 24.5 Å². The molecule has 0 aromatic heterocycles. The highest BCUT2D eigenvalue weighted by Gasteiger charge is 2.25. The van der Waals surface area contributed by atoms with Crippen LogP contribution in [0.25, 0.3) is 0 Å². The Bertz CT molecular complexity index is 413. The average molecular weight is 339 g/mol. The summed E-state index contributed by atoms with van der Waals surface area (Å²) in [4.78, 5) is 2.46. The Hall–Kier alpha value is -0.380. The Morgan fingerprint density at radius 3 is 2.50 bits per heavy atom. The van der Waals surface area contributed by atoms with E-state index in [0.717, 1.165) is 16.9 Å². The predicted molar refractivity (Wildman–Crippen MR) is 89.7 cm³/mol. The van der Waals surface area contributed by atoms with Gasteiger partial charge in [0.15, 0.2) is 0 Å². The molecule has 0 heterocycles. The maximum Gasteiger partial charge on any atom is 0.0504 e. The zero-order valence-corrected chi connectivity index (χ0v) is 14.3. The van der Waals surface area contributed by atoms with Crippen LogP contribution in [0.5, 0.6) is 0 Å². The fraction of sp³-hybridized carbons (Fsp3) is 0.647. The van der Waals surface area contributed by atoms with Gasteiger partial charge in [0.25, 0.3) is 0 Å². The van der Waals surface area contributed by atoms with Crippen LogP contribution in [0.3, 0.4) is 0 Å². The Morgan fingerprint density at radius 2 is 1.90 bits per heavy atom. The fourth-order valence-electron chi connectivity index (χ4n) is 3.53. The van der Waals surface area contributed by atoms with E-state index in [4.69, 9.17) is 5.73 Å². The monoisotopic (exact) mass is 338 g/mol. The maximum absolute atomic E-state index is 6.28. The normalized spacial score (nSPS) is 20.1. The van der Waals surface area contributed by atoms with Gasteiger partial charge in [-0.05, 0) is 44.4 Å². The first kappa shape index (κ1) is 16.0. The summed E-state index contributed by atoms with van der Waals surface area (Å²) >= 11 is 3.68. The second kappa shape index (κ2) is 7.58. The summed E-state index contributed by atoms with van der Waals surface area (Å²) in [5.74, 6) is 0.845. The summed E-state index contributed by atoms with van der Waals surface area (Å²) in [5, 5.41) is 0. The molecule has 1 aromatic carbocycles. The van der Waals surface area contributed by atoms with E-state index in [1.165, 1.54) is 37.7 Å². The van der Waals surface area contributed by atoms with Crippen LogP contribution < -0.4 is 5.73 Å². The standard InChI is InChI=1S/C17H27BrN2/c1-13(19)17(15-10-6-7-11-16(15)18)20(2)12-14-8-4-3-5-9-14/h6-7,10-11,13-14,17H,3-5,8-9,12,19H2,1-2H3. The van der Waals surface area contributed by atoms with Crippen molar-refractivity contribution >= 4 is 15.9 Å². The van der Waals surface area contributed by atoms with Crippen LogP contribution in [0.2, 0.25) is 0 Å². The molecule has 0 amide bonds. The van der Waals surface area contributed by atoms with Crippen LogP contribution in [0, 0.1) is 5.92 Å². The molecule has 1 aromatic rings. The van der Waals surface area contributed by atoms with E-state index in [2.05, 4.69) is 59.1 Å². The summed E-state index contributed by atoms with van der Waals surface area (Å²) in [6.07, 6.45) is 6.98. The van der Waals surface area contributed by atoms with E-state index in [1.54, 1.807) is 0 Å². The number of hydrogen-bond acceptors (Lipinski definition) is 2. The molecule has 2 unspecified atom stereocenters. The van der Waals surface area contributed by atoms with Gasteiger partial charge < -0.3 is 5.73 Å². The number of nitrogens with two attached hydrogens (primary N) is 1. The quantitative estimate of drug-likeness (QED) is 0.864. The van der Waals surface area contributed by atoms with Gasteiger partial charge in [0, 0.05) is 17.1 Å². The third-order valence-electron chi connectivity index (χ3n) is 4.47. The summed E-state index contributed by atoms with van der Waals surface area (Å²) in [6.45, 7) is 3.27. The summed E-state index contributed by atoms with van der Waals surface area (Å²) in [6, 6.07) is 8.88. The molecule has 0 saturated heterocycles. The molecule has 2 nitrogen and oxygen atoms in total. The van der Waals surface area contributed by atoms with E-state index >= 15 is 0 Å². The molecule has 20 heavy (non-hydrogen) atoms. The third kappa shape index (κ3) is 4.06. The molecular formula is C17H27BrN2. The highest BCUT2D eigenvalue weighted by molar-refractivity contribution is 9.10. The van der Waals surface area contributed by atoms with E-state index in [9.17, 15) is 0 Å². The largest absolute Gasteiger partial charge is 0.326 e. The molecule has 0 bridgehead atoms. The Balaban J connectivity index is 2.09. The first-order valence-corrected chi connectivity index (χ1v) is 8.59. The Morgan fingerprint density at radius 1 is 1.25 bits per heavy atom. The van der Waals surface area contributed by atoms with Crippen LogP contribution in [0.1, 0.15) is 50.6 Å². The van der Waals surface area contributed by atoms with Crippen LogP contribution in [-0.2, 0) is 0 Å². The zero-order valence-electron chi connectivity index (χ0n) is 12.7. The van der Waals surface area contributed by atoms with Crippen molar-refractivity contribution in [1.82, 2.24) is 4.90 Å². The van der Waals surface area contributed by atoms with Crippen molar-refractivity contribution in [3.63, 3.8) is 0 Å². The van der Waals surface area contributed by atoms with Gasteiger partial charge >= 0.3 is 0 Å². The van der Waals surface area contributed by atoms with E-state index < -0.39 is 0 Å². The minimum absolute atomic E-state index is 0.127. The number of benzene rings is 1. The number of rotatable bonds is 5. The molecule has 1 fully saturated rings. The highest BCUT2D eigenvalue weighted by Crippen LogP contribution is 2.31. The molecule has 1 saturated carbocycles. The Labute approximate surface area is 131 Å². The second-order valence-electron chi connectivity index (χ2n) is 6.27. The number of likely N-dealkylation sites (N-methyl/N-ethyl adjacent to an activating group) is 1. The SMILES string of the molecule is CC(N)C(c1ccccc1Br)N(C)CC1CCCCC1. The van der Waals surface area contributed by atoms with Crippen molar-refractivity contribution in [2.75, 3.05) is 13.6 Å². The molecule has 1 aliphatic carbocycles. The summed E-state index contributed by atoms with van der Waals surface area (Å²) < 4.78 is 1.16. The van der Waals surface area contributed by atoms with Crippen molar-refractivity contribution in [2.45, 2.75) is 51.1 Å². The third-order valence-corrected chi connectivity index (χ3v) is 5.19. The van der Waals surface area contributed by atoms with E-state index in [-0.39, 0.29) is 12.1 Å². The van der Waals surface area contributed by atoms with Gasteiger partial charge in [-0.1, -0.05) is 53.4 Å². The number of hydrogen-bond donors (Lipinski definition) is 1. The Kier molecular flexibility index (Phi) is 6.06. The molecule has 0 radical (unpaired) electrons. The minimum atomic E-state index is 0.127. The van der Waals surface area contributed by atoms with E-state index in [1.807, 2.05) is 0 Å². The number of halogens is 1. The van der Waals surface area contributed by atoms with Crippen molar-refractivity contribution in [2.24, 2.45) is 11.7 Å². The lowest BCUT2D eigenvalue weighted by molar-refractivity contribution is 0.166. The molecule has 0 spiro atoms.